The minimum absolute atomic E-state index is 0.00254. The molecular formula is C20H25N5O3S. The fourth-order valence-electron chi connectivity index (χ4n) is 3.44. The van der Waals surface area contributed by atoms with E-state index in [2.05, 4.69) is 16.3 Å². The van der Waals surface area contributed by atoms with Gasteiger partial charge in [-0.05, 0) is 49.9 Å². The first kappa shape index (κ1) is 21.1. The molecule has 29 heavy (non-hydrogen) atoms. The van der Waals surface area contributed by atoms with Gasteiger partial charge in [-0.3, -0.25) is 9.36 Å². The molecule has 1 atom stereocenters. The van der Waals surface area contributed by atoms with Crippen molar-refractivity contribution in [3.05, 3.63) is 39.8 Å². The van der Waals surface area contributed by atoms with Gasteiger partial charge in [0.1, 0.15) is 0 Å². The van der Waals surface area contributed by atoms with Crippen molar-refractivity contribution in [2.75, 3.05) is 23.8 Å². The fraction of sp³-hybridized carbons (Fsp3) is 0.500. The number of hydrogen-bond donors (Lipinski definition) is 1. The second kappa shape index (κ2) is 9.76. The first-order valence-electron chi connectivity index (χ1n) is 9.63. The lowest BCUT2D eigenvalue weighted by Gasteiger charge is -2.22. The summed E-state index contributed by atoms with van der Waals surface area (Å²) in [5.74, 6) is -0.0109. The zero-order chi connectivity index (χ0) is 20.8. The Hall–Kier alpha value is -2.57. The molecule has 1 aliphatic rings. The van der Waals surface area contributed by atoms with Crippen LogP contribution in [0.5, 0.6) is 0 Å². The quantitative estimate of drug-likeness (QED) is 0.664. The third kappa shape index (κ3) is 5.49. The van der Waals surface area contributed by atoms with Gasteiger partial charge in [0.05, 0.1) is 30.9 Å². The SMILES string of the molecule is Cc1cc(C)cc(N(CCC#N)C(=O)CSc2n[nH]c(=O)n2CC2CCCO2)c1. The molecule has 0 spiro atoms. The standard InChI is InChI=1S/C20H25N5O3S/c1-14-9-15(2)11-16(10-14)24(7-4-6-21)18(26)13-29-20-23-22-19(27)25(20)12-17-5-3-8-28-17/h9-11,17H,3-5,7-8,12-13H2,1-2H3,(H,22,27). The van der Waals surface area contributed by atoms with E-state index < -0.39 is 0 Å². The van der Waals surface area contributed by atoms with Crippen molar-refractivity contribution in [3.8, 4) is 6.07 Å². The summed E-state index contributed by atoms with van der Waals surface area (Å²) in [4.78, 5) is 26.7. The molecule has 1 amide bonds. The van der Waals surface area contributed by atoms with Crippen LogP contribution in [0.2, 0.25) is 0 Å². The average Bonchev–Trinajstić information content (AvgIpc) is 3.31. The van der Waals surface area contributed by atoms with Crippen molar-refractivity contribution in [2.45, 2.75) is 50.9 Å². The van der Waals surface area contributed by atoms with Crippen LogP contribution in [0.15, 0.2) is 28.2 Å². The lowest BCUT2D eigenvalue weighted by Crippen LogP contribution is -2.33. The summed E-state index contributed by atoms with van der Waals surface area (Å²) in [6.07, 6.45) is 2.15. The first-order valence-corrected chi connectivity index (χ1v) is 10.6. The summed E-state index contributed by atoms with van der Waals surface area (Å²) in [6.45, 7) is 5.42. The molecular weight excluding hydrogens is 390 g/mol. The van der Waals surface area contributed by atoms with Gasteiger partial charge in [0.15, 0.2) is 5.16 Å². The number of nitrogens with one attached hydrogen (secondary N) is 1. The van der Waals surface area contributed by atoms with E-state index in [4.69, 9.17) is 10.00 Å². The van der Waals surface area contributed by atoms with Crippen LogP contribution in [0.25, 0.3) is 0 Å². The van der Waals surface area contributed by atoms with Crippen LogP contribution in [-0.4, -0.2) is 45.7 Å². The molecule has 1 N–H and O–H groups in total. The number of hydrogen-bond acceptors (Lipinski definition) is 6. The first-order chi connectivity index (χ1) is 14.0. The number of anilines is 1. The summed E-state index contributed by atoms with van der Waals surface area (Å²) in [5.41, 5.74) is 2.59. The Kier molecular flexibility index (Phi) is 7.12. The maximum Gasteiger partial charge on any atom is 0.344 e. The molecule has 1 aromatic carbocycles. The van der Waals surface area contributed by atoms with E-state index in [9.17, 15) is 9.59 Å². The second-order valence-electron chi connectivity index (χ2n) is 7.15. The van der Waals surface area contributed by atoms with Crippen LogP contribution in [-0.2, 0) is 16.1 Å². The summed E-state index contributed by atoms with van der Waals surface area (Å²) in [5, 5.41) is 16.0. The van der Waals surface area contributed by atoms with Gasteiger partial charge < -0.3 is 9.64 Å². The van der Waals surface area contributed by atoms with Crippen molar-refractivity contribution >= 4 is 23.4 Å². The number of amides is 1. The number of nitrogens with zero attached hydrogens (tertiary/aromatic N) is 4. The number of aryl methyl sites for hydroxylation is 2. The van der Waals surface area contributed by atoms with Crippen LogP contribution in [0, 0.1) is 25.2 Å². The average molecular weight is 416 g/mol. The monoisotopic (exact) mass is 415 g/mol. The molecule has 0 radical (unpaired) electrons. The number of rotatable bonds is 8. The number of H-pyrrole nitrogens is 1. The molecule has 0 saturated carbocycles. The highest BCUT2D eigenvalue weighted by Crippen LogP contribution is 2.22. The molecule has 8 nitrogen and oxygen atoms in total. The fourth-order valence-corrected chi connectivity index (χ4v) is 4.27. The normalized spacial score (nSPS) is 16.0. The van der Waals surface area contributed by atoms with Crippen LogP contribution in [0.4, 0.5) is 5.69 Å². The van der Waals surface area contributed by atoms with Gasteiger partial charge in [-0.2, -0.15) is 5.26 Å². The van der Waals surface area contributed by atoms with Crippen molar-refractivity contribution in [1.82, 2.24) is 14.8 Å². The molecule has 3 rings (SSSR count). The highest BCUT2D eigenvalue weighted by atomic mass is 32.2. The topological polar surface area (TPSA) is 104 Å². The summed E-state index contributed by atoms with van der Waals surface area (Å²) >= 11 is 1.22. The van der Waals surface area contributed by atoms with Gasteiger partial charge in [0.2, 0.25) is 5.91 Å². The number of ether oxygens (including phenoxy) is 1. The smallest absolute Gasteiger partial charge is 0.344 e. The van der Waals surface area contributed by atoms with Crippen molar-refractivity contribution < 1.29 is 9.53 Å². The molecule has 1 fully saturated rings. The van der Waals surface area contributed by atoms with E-state index >= 15 is 0 Å². The Morgan fingerprint density at radius 1 is 1.41 bits per heavy atom. The number of nitriles is 1. The number of aromatic nitrogens is 3. The molecule has 154 valence electrons. The van der Waals surface area contributed by atoms with Gasteiger partial charge in [0, 0.05) is 18.8 Å². The van der Waals surface area contributed by atoms with E-state index in [0.29, 0.717) is 24.9 Å². The predicted octanol–water partition coefficient (Wildman–Crippen LogP) is 2.41. The van der Waals surface area contributed by atoms with E-state index in [0.717, 1.165) is 29.7 Å². The van der Waals surface area contributed by atoms with Gasteiger partial charge in [0.25, 0.3) is 0 Å². The summed E-state index contributed by atoms with van der Waals surface area (Å²) < 4.78 is 7.14. The van der Waals surface area contributed by atoms with Crippen LogP contribution < -0.4 is 10.6 Å². The Morgan fingerprint density at radius 3 is 2.83 bits per heavy atom. The number of aromatic amines is 1. The number of benzene rings is 1. The maximum absolute atomic E-state index is 13.0. The maximum atomic E-state index is 13.0. The molecule has 1 saturated heterocycles. The molecule has 2 heterocycles. The Labute approximate surface area is 173 Å². The third-order valence-corrected chi connectivity index (χ3v) is 5.69. The van der Waals surface area contributed by atoms with Gasteiger partial charge in [-0.25, -0.2) is 9.89 Å². The highest BCUT2D eigenvalue weighted by Gasteiger charge is 2.22. The van der Waals surface area contributed by atoms with E-state index in [1.165, 1.54) is 16.3 Å². The van der Waals surface area contributed by atoms with Crippen LogP contribution in [0.1, 0.15) is 30.4 Å². The molecule has 2 aromatic rings. The third-order valence-electron chi connectivity index (χ3n) is 4.72. The van der Waals surface area contributed by atoms with Crippen molar-refractivity contribution in [3.63, 3.8) is 0 Å². The van der Waals surface area contributed by atoms with E-state index in [1.807, 2.05) is 32.0 Å². The summed E-state index contributed by atoms with van der Waals surface area (Å²) in [7, 11) is 0. The number of carbonyl (C=O) groups excluding carboxylic acids is 1. The van der Waals surface area contributed by atoms with Gasteiger partial charge >= 0.3 is 5.69 Å². The minimum atomic E-state index is -0.300. The van der Waals surface area contributed by atoms with Crippen LogP contribution in [0.3, 0.4) is 0 Å². The summed E-state index contributed by atoms with van der Waals surface area (Å²) in [6, 6.07) is 8.02. The minimum Gasteiger partial charge on any atom is -0.376 e. The van der Waals surface area contributed by atoms with Crippen molar-refractivity contribution in [1.29, 1.82) is 5.26 Å². The van der Waals surface area contributed by atoms with Gasteiger partial charge in [-0.1, -0.05) is 17.8 Å². The lowest BCUT2D eigenvalue weighted by molar-refractivity contribution is -0.116. The largest absolute Gasteiger partial charge is 0.376 e. The Balaban J connectivity index is 1.72. The lowest BCUT2D eigenvalue weighted by atomic mass is 10.1. The number of thioether (sulfide) groups is 1. The number of carbonyl (C=O) groups is 1. The predicted molar refractivity (Wildman–Crippen MR) is 111 cm³/mol. The van der Waals surface area contributed by atoms with E-state index in [-0.39, 0.29) is 29.9 Å². The Bertz CT molecular complexity index is 936. The van der Waals surface area contributed by atoms with Crippen molar-refractivity contribution in [2.24, 2.45) is 0 Å². The molecule has 1 aliphatic heterocycles. The zero-order valence-corrected chi connectivity index (χ0v) is 17.5. The molecule has 0 aliphatic carbocycles. The van der Waals surface area contributed by atoms with E-state index in [1.54, 1.807) is 4.90 Å². The highest BCUT2D eigenvalue weighted by molar-refractivity contribution is 7.99. The molecule has 0 bridgehead atoms. The zero-order valence-electron chi connectivity index (χ0n) is 16.7. The molecule has 1 unspecified atom stereocenters. The molecule has 9 heteroatoms. The molecule has 1 aromatic heterocycles. The Morgan fingerprint density at radius 2 is 2.17 bits per heavy atom. The van der Waals surface area contributed by atoms with Gasteiger partial charge in [-0.15, -0.1) is 5.10 Å². The second-order valence-corrected chi connectivity index (χ2v) is 8.09. The van der Waals surface area contributed by atoms with Crippen LogP contribution >= 0.6 is 11.8 Å².